The zero-order chi connectivity index (χ0) is 13.5. The van der Waals surface area contributed by atoms with E-state index >= 15 is 0 Å². The molecule has 1 heterocycles. The van der Waals surface area contributed by atoms with E-state index in [0.29, 0.717) is 11.7 Å². The number of nitrogens with zero attached hydrogens (tertiary/aromatic N) is 5. The highest BCUT2D eigenvalue weighted by molar-refractivity contribution is 6.10. The summed E-state index contributed by atoms with van der Waals surface area (Å²) in [6.07, 6.45) is 1.60. The number of nitriles is 1. The standard InChI is InChI=1S/C12H16N5O/c1-16(2)12(17(3)4)18-15-11(9-13)10-7-5-6-8-14-10/h5-8H,1-4H3/q+1. The highest BCUT2D eigenvalue weighted by Gasteiger charge is 2.14. The second kappa shape index (κ2) is 6.35. The zero-order valence-electron chi connectivity index (χ0n) is 11.0. The minimum absolute atomic E-state index is 0.136. The summed E-state index contributed by atoms with van der Waals surface area (Å²) in [5.74, 6) is 0. The summed E-state index contributed by atoms with van der Waals surface area (Å²) in [7, 11) is 7.32. The van der Waals surface area contributed by atoms with E-state index in [9.17, 15) is 0 Å². The predicted molar refractivity (Wildman–Crippen MR) is 68.3 cm³/mol. The number of hydrogen-bond acceptors (Lipinski definition) is 4. The number of oxime groups is 1. The van der Waals surface area contributed by atoms with Gasteiger partial charge in [-0.15, -0.1) is 0 Å². The van der Waals surface area contributed by atoms with Crippen LogP contribution in [0.4, 0.5) is 0 Å². The molecular formula is C12H16N5O+. The lowest BCUT2D eigenvalue weighted by atomic mass is 10.2. The summed E-state index contributed by atoms with van der Waals surface area (Å²) in [4.78, 5) is 11.1. The van der Waals surface area contributed by atoms with Crippen LogP contribution in [0.2, 0.25) is 0 Å². The molecule has 0 saturated carbocycles. The minimum Gasteiger partial charge on any atom is -0.278 e. The van der Waals surface area contributed by atoms with Crippen LogP contribution in [0.25, 0.3) is 0 Å². The molecule has 0 aliphatic rings. The van der Waals surface area contributed by atoms with Gasteiger partial charge in [0.05, 0.1) is 28.2 Å². The normalized spacial score (nSPS) is 10.5. The molecule has 6 heteroatoms. The first-order chi connectivity index (χ1) is 8.56. The van der Waals surface area contributed by atoms with Crippen LogP contribution in [0.1, 0.15) is 5.69 Å². The van der Waals surface area contributed by atoms with Gasteiger partial charge in [-0.2, -0.15) is 5.26 Å². The van der Waals surface area contributed by atoms with Gasteiger partial charge in [0, 0.05) is 6.20 Å². The molecule has 0 spiro atoms. The molecule has 0 unspecified atom stereocenters. The summed E-state index contributed by atoms with van der Waals surface area (Å²) in [5.41, 5.74) is 0.619. The molecular weight excluding hydrogens is 230 g/mol. The average molecular weight is 246 g/mol. The fourth-order valence-corrected chi connectivity index (χ4v) is 1.28. The molecule has 0 radical (unpaired) electrons. The van der Waals surface area contributed by atoms with Gasteiger partial charge in [0.2, 0.25) is 5.71 Å². The van der Waals surface area contributed by atoms with Crippen molar-refractivity contribution in [1.82, 2.24) is 9.88 Å². The van der Waals surface area contributed by atoms with Crippen LogP contribution < -0.4 is 0 Å². The lowest BCUT2D eigenvalue weighted by Gasteiger charge is -2.07. The van der Waals surface area contributed by atoms with Gasteiger partial charge < -0.3 is 0 Å². The lowest BCUT2D eigenvalue weighted by molar-refractivity contribution is -0.480. The van der Waals surface area contributed by atoms with Crippen LogP contribution in [-0.4, -0.2) is 54.4 Å². The molecule has 0 aliphatic heterocycles. The molecule has 1 rings (SSSR count). The zero-order valence-corrected chi connectivity index (χ0v) is 11.0. The summed E-state index contributed by atoms with van der Waals surface area (Å²) in [6.45, 7) is 0. The van der Waals surface area contributed by atoms with Gasteiger partial charge in [-0.3, -0.25) is 9.82 Å². The largest absolute Gasteiger partial charge is 0.471 e. The van der Waals surface area contributed by atoms with Crippen molar-refractivity contribution in [3.63, 3.8) is 0 Å². The SMILES string of the molecule is CN(C)C(ON=C(C#N)c1ccccn1)=[N+](C)C. The van der Waals surface area contributed by atoms with Crippen molar-refractivity contribution in [2.24, 2.45) is 5.16 Å². The Labute approximate surface area is 106 Å². The van der Waals surface area contributed by atoms with Crippen molar-refractivity contribution in [2.45, 2.75) is 0 Å². The Hall–Kier alpha value is -2.42. The second-order valence-corrected chi connectivity index (χ2v) is 3.93. The van der Waals surface area contributed by atoms with Crippen molar-refractivity contribution in [2.75, 3.05) is 28.2 Å². The van der Waals surface area contributed by atoms with Crippen molar-refractivity contribution >= 4 is 11.7 Å². The topological polar surface area (TPSA) is 64.5 Å². The number of aromatic nitrogens is 1. The Bertz CT molecular complexity index is 495. The smallest absolute Gasteiger partial charge is 0.278 e. The minimum atomic E-state index is 0.136. The number of rotatable bonds is 2. The molecule has 0 atom stereocenters. The third-order valence-electron chi connectivity index (χ3n) is 2.00. The van der Waals surface area contributed by atoms with E-state index in [1.807, 2.05) is 34.3 Å². The Morgan fingerprint density at radius 1 is 1.44 bits per heavy atom. The van der Waals surface area contributed by atoms with Gasteiger partial charge in [-0.05, 0) is 12.1 Å². The molecule has 0 N–H and O–H groups in total. The summed E-state index contributed by atoms with van der Waals surface area (Å²) < 4.78 is 1.76. The quantitative estimate of drug-likeness (QED) is 0.330. The van der Waals surface area contributed by atoms with Crippen LogP contribution in [0, 0.1) is 11.3 Å². The summed E-state index contributed by atoms with van der Waals surface area (Å²) in [5, 5.41) is 12.9. The molecule has 0 aromatic carbocycles. The van der Waals surface area contributed by atoms with Crippen molar-refractivity contribution in [3.05, 3.63) is 30.1 Å². The summed E-state index contributed by atoms with van der Waals surface area (Å²) >= 11 is 0. The van der Waals surface area contributed by atoms with Crippen molar-refractivity contribution < 1.29 is 9.41 Å². The maximum absolute atomic E-state index is 9.03. The lowest BCUT2D eigenvalue weighted by Crippen LogP contribution is -2.31. The maximum atomic E-state index is 9.03. The van der Waals surface area contributed by atoms with E-state index in [1.165, 1.54) is 0 Å². The highest BCUT2D eigenvalue weighted by Crippen LogP contribution is 1.98. The maximum Gasteiger partial charge on any atom is 0.471 e. The number of hydrogen-bond donors (Lipinski definition) is 0. The van der Waals surface area contributed by atoms with Crippen LogP contribution in [0.5, 0.6) is 0 Å². The van der Waals surface area contributed by atoms with Gasteiger partial charge in [-0.25, -0.2) is 9.48 Å². The Morgan fingerprint density at radius 3 is 2.61 bits per heavy atom. The molecule has 0 aliphatic carbocycles. The summed E-state index contributed by atoms with van der Waals surface area (Å²) in [6, 6.07) is 7.76. The van der Waals surface area contributed by atoms with Gasteiger partial charge in [0.25, 0.3) is 0 Å². The van der Waals surface area contributed by atoms with Crippen LogP contribution in [-0.2, 0) is 4.84 Å². The van der Waals surface area contributed by atoms with Crippen molar-refractivity contribution in [1.29, 1.82) is 5.26 Å². The number of amidine groups is 1. The molecule has 0 bridgehead atoms. The van der Waals surface area contributed by atoms with Gasteiger partial charge in [0.1, 0.15) is 11.8 Å². The average Bonchev–Trinajstić information content (AvgIpc) is 2.34. The van der Waals surface area contributed by atoms with Crippen LogP contribution >= 0.6 is 0 Å². The molecule has 0 saturated heterocycles. The molecule has 1 aromatic rings. The molecule has 0 fully saturated rings. The molecule has 94 valence electrons. The van der Waals surface area contributed by atoms with E-state index in [-0.39, 0.29) is 5.71 Å². The van der Waals surface area contributed by atoms with E-state index in [0.717, 1.165) is 0 Å². The van der Waals surface area contributed by atoms with Crippen molar-refractivity contribution in [3.8, 4) is 6.07 Å². The third kappa shape index (κ3) is 3.56. The Morgan fingerprint density at radius 2 is 2.17 bits per heavy atom. The van der Waals surface area contributed by atoms with Gasteiger partial charge >= 0.3 is 6.02 Å². The number of pyridine rings is 1. The van der Waals surface area contributed by atoms with E-state index in [4.69, 9.17) is 10.1 Å². The Balaban J connectivity index is 2.96. The van der Waals surface area contributed by atoms with Crippen LogP contribution in [0.15, 0.2) is 29.6 Å². The first-order valence-electron chi connectivity index (χ1n) is 5.34. The van der Waals surface area contributed by atoms with Crippen LogP contribution in [0.3, 0.4) is 0 Å². The van der Waals surface area contributed by atoms with E-state index in [2.05, 4.69) is 10.1 Å². The first kappa shape index (κ1) is 13.6. The van der Waals surface area contributed by atoms with E-state index in [1.54, 1.807) is 33.9 Å². The molecule has 6 nitrogen and oxygen atoms in total. The molecule has 0 amide bonds. The second-order valence-electron chi connectivity index (χ2n) is 3.93. The molecule has 1 aromatic heterocycles. The van der Waals surface area contributed by atoms with Gasteiger partial charge in [0.15, 0.2) is 0 Å². The first-order valence-corrected chi connectivity index (χ1v) is 5.34. The molecule has 18 heavy (non-hydrogen) atoms. The fourth-order valence-electron chi connectivity index (χ4n) is 1.28. The highest BCUT2D eigenvalue weighted by atomic mass is 16.6. The van der Waals surface area contributed by atoms with E-state index < -0.39 is 0 Å². The van der Waals surface area contributed by atoms with Gasteiger partial charge in [-0.1, -0.05) is 11.2 Å². The monoisotopic (exact) mass is 246 g/mol. The predicted octanol–water partition coefficient (Wildman–Crippen LogP) is 0.516. The third-order valence-corrected chi connectivity index (χ3v) is 2.00. The Kier molecular flexibility index (Phi) is 4.81. The fraction of sp³-hybridized carbons (Fsp3) is 0.333.